The summed E-state index contributed by atoms with van der Waals surface area (Å²) in [6.07, 6.45) is 0. The molecule has 0 aliphatic heterocycles. The Morgan fingerprint density at radius 1 is 1.00 bits per heavy atom. The Hall–Kier alpha value is -2.31. The average Bonchev–Trinajstić information content (AvgIpc) is 2.60. The van der Waals surface area contributed by atoms with E-state index in [4.69, 9.17) is 16.3 Å². The first-order valence-corrected chi connectivity index (χ1v) is 8.35. The van der Waals surface area contributed by atoms with Crippen molar-refractivity contribution in [1.29, 1.82) is 0 Å². The molecule has 0 spiro atoms. The zero-order chi connectivity index (χ0) is 17.4. The van der Waals surface area contributed by atoms with Crippen LogP contribution >= 0.6 is 23.4 Å². The second-order valence-corrected chi connectivity index (χ2v) is 6.05. The van der Waals surface area contributed by atoms with E-state index >= 15 is 0 Å². The minimum atomic E-state index is -0.681. The number of imide groups is 1. The smallest absolute Gasteiger partial charge is 0.316 e. The van der Waals surface area contributed by atoms with Gasteiger partial charge in [-0.3, -0.25) is 19.7 Å². The summed E-state index contributed by atoms with van der Waals surface area (Å²) in [5.41, 5.74) is 0.353. The molecule has 0 unspecified atom stereocenters. The number of thioether (sulfide) groups is 1. The molecule has 0 aliphatic carbocycles. The van der Waals surface area contributed by atoms with Crippen LogP contribution in [-0.2, 0) is 14.3 Å². The number of halogens is 1. The van der Waals surface area contributed by atoms with E-state index in [9.17, 15) is 14.4 Å². The summed E-state index contributed by atoms with van der Waals surface area (Å²) >= 11 is 7.19. The number of carbonyl (C=O) groups excluding carboxylic acids is 3. The van der Waals surface area contributed by atoms with Gasteiger partial charge in [0.15, 0.2) is 6.61 Å². The molecule has 0 bridgehead atoms. The molecule has 24 heavy (non-hydrogen) atoms. The van der Waals surface area contributed by atoms with Crippen LogP contribution in [0, 0.1) is 0 Å². The third kappa shape index (κ3) is 5.72. The van der Waals surface area contributed by atoms with Crippen molar-refractivity contribution in [3.63, 3.8) is 0 Å². The highest BCUT2D eigenvalue weighted by atomic mass is 35.5. The van der Waals surface area contributed by atoms with Crippen molar-refractivity contribution in [2.75, 3.05) is 12.4 Å². The van der Waals surface area contributed by atoms with Crippen molar-refractivity contribution >= 4 is 41.1 Å². The molecule has 7 heteroatoms. The lowest BCUT2D eigenvalue weighted by atomic mass is 10.2. The molecule has 0 saturated heterocycles. The SMILES string of the molecule is O=C(COC(=O)CSc1ccccc1Cl)NC(=O)c1ccccc1. The summed E-state index contributed by atoms with van der Waals surface area (Å²) in [6, 6.07) is 15.4. The largest absolute Gasteiger partial charge is 0.455 e. The number of hydrogen-bond acceptors (Lipinski definition) is 5. The highest BCUT2D eigenvalue weighted by Crippen LogP contribution is 2.26. The van der Waals surface area contributed by atoms with Gasteiger partial charge in [0.2, 0.25) is 0 Å². The van der Waals surface area contributed by atoms with E-state index in [2.05, 4.69) is 5.32 Å². The summed E-state index contributed by atoms with van der Waals surface area (Å²) in [7, 11) is 0. The summed E-state index contributed by atoms with van der Waals surface area (Å²) < 4.78 is 4.84. The number of hydrogen-bond donors (Lipinski definition) is 1. The van der Waals surface area contributed by atoms with Crippen molar-refractivity contribution in [3.05, 3.63) is 65.2 Å². The van der Waals surface area contributed by atoms with E-state index in [1.54, 1.807) is 48.5 Å². The Morgan fingerprint density at radius 2 is 1.67 bits per heavy atom. The molecule has 2 rings (SSSR count). The Kier molecular flexibility index (Phi) is 6.84. The summed E-state index contributed by atoms with van der Waals surface area (Å²) in [4.78, 5) is 35.8. The Morgan fingerprint density at radius 3 is 2.38 bits per heavy atom. The van der Waals surface area contributed by atoms with E-state index in [-0.39, 0.29) is 5.75 Å². The van der Waals surface area contributed by atoms with Crippen molar-refractivity contribution < 1.29 is 19.1 Å². The molecule has 2 aromatic rings. The number of rotatable bonds is 6. The number of amides is 2. The van der Waals surface area contributed by atoms with Crippen molar-refractivity contribution in [2.24, 2.45) is 0 Å². The number of benzene rings is 2. The Bertz CT molecular complexity index is 736. The van der Waals surface area contributed by atoms with E-state index < -0.39 is 24.4 Å². The van der Waals surface area contributed by atoms with Crippen LogP contribution in [0.25, 0.3) is 0 Å². The van der Waals surface area contributed by atoms with Crippen LogP contribution in [0.2, 0.25) is 5.02 Å². The molecule has 2 amide bonds. The van der Waals surface area contributed by atoms with E-state index in [1.165, 1.54) is 11.8 Å². The second kappa shape index (κ2) is 9.10. The first-order chi connectivity index (χ1) is 11.6. The van der Waals surface area contributed by atoms with Gasteiger partial charge in [-0.15, -0.1) is 11.8 Å². The van der Waals surface area contributed by atoms with E-state index in [0.717, 1.165) is 4.90 Å². The molecule has 0 fully saturated rings. The van der Waals surface area contributed by atoms with Gasteiger partial charge < -0.3 is 4.74 Å². The van der Waals surface area contributed by atoms with Crippen molar-refractivity contribution in [1.82, 2.24) is 5.32 Å². The van der Waals surface area contributed by atoms with Gasteiger partial charge in [0.05, 0.1) is 10.8 Å². The molecule has 0 aliphatic rings. The molecule has 0 heterocycles. The molecule has 2 aromatic carbocycles. The van der Waals surface area contributed by atoms with Gasteiger partial charge >= 0.3 is 5.97 Å². The Balaban J connectivity index is 1.72. The number of esters is 1. The number of nitrogens with one attached hydrogen (secondary N) is 1. The average molecular weight is 364 g/mol. The normalized spacial score (nSPS) is 10.0. The molecule has 5 nitrogen and oxygen atoms in total. The van der Waals surface area contributed by atoms with Gasteiger partial charge in [-0.1, -0.05) is 41.9 Å². The van der Waals surface area contributed by atoms with Crippen LogP contribution in [0.3, 0.4) is 0 Å². The first kappa shape index (κ1) is 18.0. The van der Waals surface area contributed by atoms with E-state index in [1.807, 2.05) is 6.07 Å². The summed E-state index contributed by atoms with van der Waals surface area (Å²) in [5.74, 6) is -1.77. The minimum Gasteiger partial charge on any atom is -0.455 e. The van der Waals surface area contributed by atoms with Gasteiger partial charge in [-0.2, -0.15) is 0 Å². The molecule has 0 saturated carbocycles. The van der Waals surface area contributed by atoms with Gasteiger partial charge in [-0.05, 0) is 24.3 Å². The minimum absolute atomic E-state index is 0.0175. The monoisotopic (exact) mass is 363 g/mol. The lowest BCUT2D eigenvalue weighted by molar-refractivity contribution is -0.145. The third-order valence-electron chi connectivity index (χ3n) is 2.84. The predicted molar refractivity (Wildman–Crippen MR) is 92.1 cm³/mol. The fourth-order valence-corrected chi connectivity index (χ4v) is 2.75. The van der Waals surface area contributed by atoms with Crippen LogP contribution in [0.1, 0.15) is 10.4 Å². The van der Waals surface area contributed by atoms with E-state index in [0.29, 0.717) is 10.6 Å². The molecule has 0 aromatic heterocycles. The van der Waals surface area contributed by atoms with Crippen molar-refractivity contribution in [3.8, 4) is 0 Å². The third-order valence-corrected chi connectivity index (χ3v) is 4.32. The molecular weight excluding hydrogens is 350 g/mol. The quantitative estimate of drug-likeness (QED) is 0.631. The fraction of sp³-hybridized carbons (Fsp3) is 0.118. The predicted octanol–water partition coefficient (Wildman–Crippen LogP) is 2.93. The lowest BCUT2D eigenvalue weighted by Crippen LogP contribution is -2.34. The molecule has 0 radical (unpaired) electrons. The Labute approximate surface area is 148 Å². The van der Waals surface area contributed by atoms with Crippen LogP contribution in [0.5, 0.6) is 0 Å². The topological polar surface area (TPSA) is 72.5 Å². The van der Waals surface area contributed by atoms with Crippen LogP contribution < -0.4 is 5.32 Å². The van der Waals surface area contributed by atoms with Crippen LogP contribution in [0.15, 0.2) is 59.5 Å². The highest BCUT2D eigenvalue weighted by Gasteiger charge is 2.13. The van der Waals surface area contributed by atoms with Gasteiger partial charge in [0.25, 0.3) is 11.8 Å². The number of ether oxygens (including phenoxy) is 1. The highest BCUT2D eigenvalue weighted by molar-refractivity contribution is 8.00. The van der Waals surface area contributed by atoms with Crippen molar-refractivity contribution in [2.45, 2.75) is 4.90 Å². The molecule has 124 valence electrons. The second-order valence-electron chi connectivity index (χ2n) is 4.62. The van der Waals surface area contributed by atoms with Gasteiger partial charge in [-0.25, -0.2) is 0 Å². The van der Waals surface area contributed by atoms with Gasteiger partial charge in [0.1, 0.15) is 0 Å². The maximum atomic E-state index is 11.8. The fourth-order valence-electron chi connectivity index (χ4n) is 1.71. The molecular formula is C17H14ClNO4S. The van der Waals surface area contributed by atoms with Gasteiger partial charge in [0, 0.05) is 10.5 Å². The zero-order valence-electron chi connectivity index (χ0n) is 12.5. The maximum Gasteiger partial charge on any atom is 0.316 e. The van der Waals surface area contributed by atoms with Crippen LogP contribution in [-0.4, -0.2) is 30.1 Å². The molecule has 0 atom stereocenters. The summed E-state index contributed by atoms with van der Waals surface area (Å²) in [5, 5.41) is 2.69. The first-order valence-electron chi connectivity index (χ1n) is 6.98. The zero-order valence-corrected chi connectivity index (χ0v) is 14.1. The maximum absolute atomic E-state index is 11.8. The molecule has 1 N–H and O–H groups in total. The number of carbonyl (C=O) groups is 3. The standard InChI is InChI=1S/C17H14ClNO4S/c18-13-8-4-5-9-14(13)24-11-16(21)23-10-15(20)19-17(22)12-6-2-1-3-7-12/h1-9H,10-11H2,(H,19,20,22). The van der Waals surface area contributed by atoms with Crippen LogP contribution in [0.4, 0.5) is 0 Å². The lowest BCUT2D eigenvalue weighted by Gasteiger charge is -2.06. The summed E-state index contributed by atoms with van der Waals surface area (Å²) in [6.45, 7) is -0.513.